The maximum absolute atomic E-state index is 2.37. The highest BCUT2D eigenvalue weighted by molar-refractivity contribution is 6.25. The van der Waals surface area contributed by atoms with E-state index in [1.165, 1.54) is 60.1 Å². The lowest BCUT2D eigenvalue weighted by atomic mass is 9.85. The molecule has 0 spiro atoms. The van der Waals surface area contributed by atoms with Crippen molar-refractivity contribution in [2.75, 3.05) is 0 Å². The summed E-state index contributed by atoms with van der Waals surface area (Å²) in [5, 5.41) is 8.56. The second-order valence-electron chi connectivity index (χ2n) is 6.53. The molecule has 0 saturated carbocycles. The van der Waals surface area contributed by atoms with Gasteiger partial charge in [-0.05, 0) is 94.8 Å². The van der Waals surface area contributed by atoms with Crippen LogP contribution in [0, 0.1) is 34.6 Å². The lowest BCUT2D eigenvalue weighted by Crippen LogP contribution is -1.95. The van der Waals surface area contributed by atoms with E-state index in [0.29, 0.717) is 0 Å². The predicted molar refractivity (Wildman–Crippen MR) is 93.8 cm³/mol. The molecular weight excluding hydrogens is 252 g/mol. The number of benzene rings is 4. The van der Waals surface area contributed by atoms with Gasteiger partial charge in [0, 0.05) is 0 Å². The average Bonchev–Trinajstić information content (AvgIpc) is 2.44. The molecule has 0 amide bonds. The summed E-state index contributed by atoms with van der Waals surface area (Å²) in [6, 6.07) is 11.6. The minimum absolute atomic E-state index is 1.37. The summed E-state index contributed by atoms with van der Waals surface area (Å²) < 4.78 is 0. The van der Waals surface area contributed by atoms with Crippen LogP contribution < -0.4 is 0 Å². The summed E-state index contributed by atoms with van der Waals surface area (Å²) in [6.45, 7) is 11.2. The maximum atomic E-state index is 2.37. The van der Waals surface area contributed by atoms with E-state index in [2.05, 4.69) is 65.0 Å². The molecule has 4 aromatic rings. The Morgan fingerprint density at radius 3 is 1.95 bits per heavy atom. The standard InChI is InChI=1S/C21H20/c1-11-6-7-16-8-14(4)19-15(5)12(2)9-18-13(3)10-17(11)20(16)21(18)19/h6-10H,1-5H3. The smallest absolute Gasteiger partial charge is 0.00185 e. The molecule has 0 heteroatoms. The largest absolute Gasteiger partial charge is 0.0581 e. The average molecular weight is 272 g/mol. The van der Waals surface area contributed by atoms with E-state index in [9.17, 15) is 0 Å². The Morgan fingerprint density at radius 1 is 0.524 bits per heavy atom. The maximum Gasteiger partial charge on any atom is -0.00185 e. The van der Waals surface area contributed by atoms with Gasteiger partial charge in [0.1, 0.15) is 0 Å². The van der Waals surface area contributed by atoms with Crippen LogP contribution in [-0.2, 0) is 0 Å². The molecule has 0 aromatic heterocycles. The number of hydrogen-bond donors (Lipinski definition) is 0. The summed E-state index contributed by atoms with van der Waals surface area (Å²) in [5.74, 6) is 0. The van der Waals surface area contributed by atoms with Crippen molar-refractivity contribution in [3.8, 4) is 0 Å². The highest BCUT2D eigenvalue weighted by Crippen LogP contribution is 2.41. The van der Waals surface area contributed by atoms with Crippen LogP contribution in [0.15, 0.2) is 30.3 Å². The van der Waals surface area contributed by atoms with Gasteiger partial charge in [0.05, 0.1) is 0 Å². The van der Waals surface area contributed by atoms with Gasteiger partial charge in [-0.15, -0.1) is 0 Å². The van der Waals surface area contributed by atoms with E-state index < -0.39 is 0 Å². The van der Waals surface area contributed by atoms with Crippen molar-refractivity contribution in [1.29, 1.82) is 0 Å². The molecule has 4 aromatic carbocycles. The van der Waals surface area contributed by atoms with Crippen molar-refractivity contribution in [2.45, 2.75) is 34.6 Å². The van der Waals surface area contributed by atoms with Crippen LogP contribution in [0.25, 0.3) is 32.3 Å². The fraction of sp³-hybridized carbons (Fsp3) is 0.238. The third-order valence-corrected chi connectivity index (χ3v) is 5.14. The Balaban J connectivity index is 2.50. The van der Waals surface area contributed by atoms with Gasteiger partial charge in [0.2, 0.25) is 0 Å². The van der Waals surface area contributed by atoms with Crippen LogP contribution in [0.4, 0.5) is 0 Å². The monoisotopic (exact) mass is 272 g/mol. The zero-order chi connectivity index (χ0) is 14.9. The van der Waals surface area contributed by atoms with E-state index in [4.69, 9.17) is 0 Å². The molecular formula is C21H20. The lowest BCUT2D eigenvalue weighted by Gasteiger charge is -2.19. The Bertz CT molecular complexity index is 1020. The van der Waals surface area contributed by atoms with E-state index >= 15 is 0 Å². The Morgan fingerprint density at radius 2 is 1.19 bits per heavy atom. The Labute approximate surface area is 125 Å². The molecule has 4 rings (SSSR count). The van der Waals surface area contributed by atoms with Crippen molar-refractivity contribution in [3.63, 3.8) is 0 Å². The van der Waals surface area contributed by atoms with Gasteiger partial charge in [-0.25, -0.2) is 0 Å². The third kappa shape index (κ3) is 1.51. The first-order chi connectivity index (χ1) is 9.99. The van der Waals surface area contributed by atoms with Gasteiger partial charge < -0.3 is 0 Å². The number of hydrogen-bond acceptors (Lipinski definition) is 0. The first-order valence-corrected chi connectivity index (χ1v) is 7.64. The van der Waals surface area contributed by atoms with Crippen LogP contribution in [0.2, 0.25) is 0 Å². The van der Waals surface area contributed by atoms with E-state index in [-0.39, 0.29) is 0 Å². The van der Waals surface area contributed by atoms with Crippen LogP contribution in [0.5, 0.6) is 0 Å². The molecule has 0 atom stereocenters. The summed E-state index contributed by atoms with van der Waals surface area (Å²) >= 11 is 0. The van der Waals surface area contributed by atoms with Crippen LogP contribution in [0.3, 0.4) is 0 Å². The highest BCUT2D eigenvalue weighted by atomic mass is 14.2. The quantitative estimate of drug-likeness (QED) is 0.338. The number of aryl methyl sites for hydroxylation is 5. The van der Waals surface area contributed by atoms with Crippen molar-refractivity contribution >= 4 is 32.3 Å². The minimum Gasteiger partial charge on any atom is -0.0581 e. The van der Waals surface area contributed by atoms with Crippen LogP contribution in [0.1, 0.15) is 27.8 Å². The van der Waals surface area contributed by atoms with E-state index in [1.807, 2.05) is 0 Å². The van der Waals surface area contributed by atoms with E-state index in [1.54, 1.807) is 0 Å². The second kappa shape index (κ2) is 3.98. The van der Waals surface area contributed by atoms with Crippen molar-refractivity contribution in [3.05, 3.63) is 58.1 Å². The van der Waals surface area contributed by atoms with Gasteiger partial charge in [0.15, 0.2) is 0 Å². The zero-order valence-electron chi connectivity index (χ0n) is 13.4. The molecule has 0 aliphatic carbocycles. The molecule has 0 radical (unpaired) electrons. The second-order valence-corrected chi connectivity index (χ2v) is 6.53. The molecule has 104 valence electrons. The normalized spacial score (nSPS) is 12.0. The Kier molecular flexibility index (Phi) is 2.39. The zero-order valence-corrected chi connectivity index (χ0v) is 13.4. The fourth-order valence-electron chi connectivity index (χ4n) is 3.91. The summed E-state index contributed by atoms with van der Waals surface area (Å²) in [7, 11) is 0. The van der Waals surface area contributed by atoms with Crippen LogP contribution in [-0.4, -0.2) is 0 Å². The molecule has 21 heavy (non-hydrogen) atoms. The van der Waals surface area contributed by atoms with Gasteiger partial charge in [-0.3, -0.25) is 0 Å². The highest BCUT2D eigenvalue weighted by Gasteiger charge is 2.15. The fourth-order valence-corrected chi connectivity index (χ4v) is 3.91. The summed E-state index contributed by atoms with van der Waals surface area (Å²) in [5.41, 5.74) is 6.97. The lowest BCUT2D eigenvalue weighted by molar-refractivity contribution is 1.37. The number of rotatable bonds is 0. The first-order valence-electron chi connectivity index (χ1n) is 7.64. The predicted octanol–water partition coefficient (Wildman–Crippen LogP) is 6.13. The van der Waals surface area contributed by atoms with Crippen molar-refractivity contribution in [1.82, 2.24) is 0 Å². The molecule has 0 nitrogen and oxygen atoms in total. The molecule has 0 N–H and O–H groups in total. The Hall–Kier alpha value is -2.08. The van der Waals surface area contributed by atoms with Gasteiger partial charge in [-0.2, -0.15) is 0 Å². The molecule has 0 saturated heterocycles. The van der Waals surface area contributed by atoms with Crippen LogP contribution >= 0.6 is 0 Å². The van der Waals surface area contributed by atoms with Crippen molar-refractivity contribution < 1.29 is 0 Å². The molecule has 0 heterocycles. The summed E-state index contributed by atoms with van der Waals surface area (Å²) in [4.78, 5) is 0. The molecule has 0 bridgehead atoms. The molecule has 0 unspecified atom stereocenters. The van der Waals surface area contributed by atoms with Gasteiger partial charge in [-0.1, -0.05) is 30.3 Å². The summed E-state index contributed by atoms with van der Waals surface area (Å²) in [6.07, 6.45) is 0. The third-order valence-electron chi connectivity index (χ3n) is 5.14. The van der Waals surface area contributed by atoms with Gasteiger partial charge in [0.25, 0.3) is 0 Å². The molecule has 0 aliphatic heterocycles. The van der Waals surface area contributed by atoms with Crippen molar-refractivity contribution in [2.24, 2.45) is 0 Å². The van der Waals surface area contributed by atoms with Gasteiger partial charge >= 0.3 is 0 Å². The molecule has 0 aliphatic rings. The molecule has 0 fully saturated rings. The topological polar surface area (TPSA) is 0 Å². The minimum atomic E-state index is 1.37. The van der Waals surface area contributed by atoms with E-state index in [0.717, 1.165) is 0 Å². The SMILES string of the molecule is Cc1cc2c(C)cc3c(C)ccc4cc(C)c(c1C)c2c43. The first kappa shape index (κ1) is 12.6.